The van der Waals surface area contributed by atoms with Crippen LogP contribution in [0.25, 0.3) is 0 Å². The fourth-order valence-corrected chi connectivity index (χ4v) is 2.18. The number of pyridine rings is 1. The van der Waals surface area contributed by atoms with Crippen LogP contribution in [0.3, 0.4) is 0 Å². The molecular weight excluding hydrogens is 302 g/mol. The van der Waals surface area contributed by atoms with Crippen LogP contribution in [0.15, 0.2) is 28.9 Å². The molecule has 0 atom stereocenters. The molecule has 0 unspecified atom stereocenters. The molecule has 19 heavy (non-hydrogen) atoms. The molecular formula is C15H14BrN3. The van der Waals surface area contributed by atoms with Gasteiger partial charge < -0.3 is 5.32 Å². The lowest BCUT2D eigenvalue weighted by atomic mass is 10.1. The summed E-state index contributed by atoms with van der Waals surface area (Å²) in [4.78, 5) is 4.24. The van der Waals surface area contributed by atoms with E-state index in [4.69, 9.17) is 0 Å². The van der Waals surface area contributed by atoms with E-state index in [1.807, 2.05) is 39.0 Å². The van der Waals surface area contributed by atoms with Gasteiger partial charge in [0.15, 0.2) is 0 Å². The van der Waals surface area contributed by atoms with E-state index >= 15 is 0 Å². The Bertz CT molecular complexity index is 649. The van der Waals surface area contributed by atoms with Crippen molar-refractivity contribution >= 4 is 27.4 Å². The minimum Gasteiger partial charge on any atom is -0.339 e. The smallest absolute Gasteiger partial charge is 0.148 e. The highest BCUT2D eigenvalue weighted by Gasteiger charge is 2.08. The first-order chi connectivity index (χ1) is 9.02. The van der Waals surface area contributed by atoms with Gasteiger partial charge in [0, 0.05) is 16.4 Å². The lowest BCUT2D eigenvalue weighted by molar-refractivity contribution is 1.24. The van der Waals surface area contributed by atoms with E-state index in [-0.39, 0.29) is 0 Å². The van der Waals surface area contributed by atoms with Gasteiger partial charge in [-0.1, -0.05) is 15.9 Å². The third-order valence-corrected chi connectivity index (χ3v) is 4.22. The molecule has 96 valence electrons. The van der Waals surface area contributed by atoms with Crippen molar-refractivity contribution in [1.82, 2.24) is 4.98 Å². The second-order valence-corrected chi connectivity index (χ2v) is 5.31. The molecule has 1 heterocycles. The molecule has 0 aliphatic heterocycles. The lowest BCUT2D eigenvalue weighted by Gasteiger charge is -2.11. The maximum atomic E-state index is 9.19. The van der Waals surface area contributed by atoms with E-state index in [0.717, 1.165) is 26.9 Å². The molecule has 0 radical (unpaired) electrons. The third kappa shape index (κ3) is 2.77. The summed E-state index contributed by atoms with van der Waals surface area (Å²) in [6.45, 7) is 5.98. The van der Waals surface area contributed by atoms with E-state index in [2.05, 4.69) is 32.3 Å². The van der Waals surface area contributed by atoms with Crippen LogP contribution in [0.5, 0.6) is 0 Å². The van der Waals surface area contributed by atoms with Gasteiger partial charge >= 0.3 is 0 Å². The van der Waals surface area contributed by atoms with Gasteiger partial charge in [-0.15, -0.1) is 0 Å². The van der Waals surface area contributed by atoms with Gasteiger partial charge in [0.05, 0.1) is 5.56 Å². The van der Waals surface area contributed by atoms with Crippen molar-refractivity contribution in [2.75, 3.05) is 5.32 Å². The van der Waals surface area contributed by atoms with Crippen molar-refractivity contribution in [2.24, 2.45) is 0 Å². The Morgan fingerprint density at radius 2 is 1.79 bits per heavy atom. The Labute approximate surface area is 121 Å². The maximum absolute atomic E-state index is 9.19. The summed E-state index contributed by atoms with van der Waals surface area (Å²) in [6.07, 6.45) is 1.71. The maximum Gasteiger partial charge on any atom is 0.148 e. The van der Waals surface area contributed by atoms with Crippen molar-refractivity contribution in [3.05, 3.63) is 51.1 Å². The van der Waals surface area contributed by atoms with Crippen molar-refractivity contribution in [2.45, 2.75) is 20.8 Å². The van der Waals surface area contributed by atoms with Gasteiger partial charge in [0.25, 0.3) is 0 Å². The molecule has 2 aromatic rings. The summed E-state index contributed by atoms with van der Waals surface area (Å²) in [5, 5.41) is 12.4. The van der Waals surface area contributed by atoms with Crippen LogP contribution in [0.4, 0.5) is 11.5 Å². The molecule has 0 aliphatic carbocycles. The summed E-state index contributed by atoms with van der Waals surface area (Å²) in [5.41, 5.74) is 4.74. The largest absolute Gasteiger partial charge is 0.339 e. The van der Waals surface area contributed by atoms with Crippen LogP contribution in [0.2, 0.25) is 0 Å². The molecule has 0 saturated carbocycles. The summed E-state index contributed by atoms with van der Waals surface area (Å²) >= 11 is 3.54. The molecule has 0 saturated heterocycles. The van der Waals surface area contributed by atoms with Crippen LogP contribution in [-0.4, -0.2) is 4.98 Å². The Hall–Kier alpha value is -1.86. The first-order valence-corrected chi connectivity index (χ1v) is 6.71. The van der Waals surface area contributed by atoms with Crippen LogP contribution < -0.4 is 5.32 Å². The standard InChI is InChI=1S/C15H14BrN3/c1-9-4-5-18-15(13(9)8-17)19-12-6-10(2)14(16)11(3)7-12/h4-7H,1-3H3,(H,18,19). The van der Waals surface area contributed by atoms with E-state index in [1.54, 1.807) is 6.20 Å². The van der Waals surface area contributed by atoms with Gasteiger partial charge in [0.1, 0.15) is 11.9 Å². The second kappa shape index (κ2) is 5.41. The van der Waals surface area contributed by atoms with Gasteiger partial charge in [-0.2, -0.15) is 5.26 Å². The molecule has 0 aliphatic rings. The van der Waals surface area contributed by atoms with E-state index < -0.39 is 0 Å². The monoisotopic (exact) mass is 315 g/mol. The Morgan fingerprint density at radius 1 is 1.16 bits per heavy atom. The van der Waals surface area contributed by atoms with E-state index in [0.29, 0.717) is 11.4 Å². The molecule has 0 fully saturated rings. The highest BCUT2D eigenvalue weighted by Crippen LogP contribution is 2.27. The number of nitrogens with zero attached hydrogens (tertiary/aromatic N) is 2. The predicted octanol–water partition coefficient (Wildman–Crippen LogP) is 4.38. The number of halogens is 1. The minimum atomic E-state index is 0.584. The Kier molecular flexibility index (Phi) is 3.87. The molecule has 3 nitrogen and oxygen atoms in total. The molecule has 1 aromatic carbocycles. The predicted molar refractivity (Wildman–Crippen MR) is 80.6 cm³/mol. The number of anilines is 2. The number of benzene rings is 1. The number of aromatic nitrogens is 1. The van der Waals surface area contributed by atoms with E-state index in [9.17, 15) is 5.26 Å². The fourth-order valence-electron chi connectivity index (χ4n) is 1.95. The van der Waals surface area contributed by atoms with Gasteiger partial charge in [-0.25, -0.2) is 4.98 Å². The molecule has 1 N–H and O–H groups in total. The number of aryl methyl sites for hydroxylation is 3. The zero-order valence-corrected chi connectivity index (χ0v) is 12.7. The van der Waals surface area contributed by atoms with Crippen molar-refractivity contribution in [3.63, 3.8) is 0 Å². The summed E-state index contributed by atoms with van der Waals surface area (Å²) in [7, 11) is 0. The SMILES string of the molecule is Cc1cc(Nc2nccc(C)c2C#N)cc(C)c1Br. The number of nitriles is 1. The highest BCUT2D eigenvalue weighted by molar-refractivity contribution is 9.10. The van der Waals surface area contributed by atoms with Gasteiger partial charge in [0.2, 0.25) is 0 Å². The lowest BCUT2D eigenvalue weighted by Crippen LogP contribution is -1.99. The average molecular weight is 316 g/mol. The summed E-state index contributed by atoms with van der Waals surface area (Å²) in [5.74, 6) is 0.601. The van der Waals surface area contributed by atoms with Crippen LogP contribution in [0, 0.1) is 32.1 Å². The number of hydrogen-bond acceptors (Lipinski definition) is 3. The number of hydrogen-bond donors (Lipinski definition) is 1. The average Bonchev–Trinajstić information content (AvgIpc) is 2.36. The van der Waals surface area contributed by atoms with Gasteiger partial charge in [-0.3, -0.25) is 0 Å². The molecule has 0 amide bonds. The van der Waals surface area contributed by atoms with Crippen molar-refractivity contribution in [1.29, 1.82) is 5.26 Å². The molecule has 0 spiro atoms. The normalized spacial score (nSPS) is 10.1. The molecule has 2 rings (SSSR count). The number of rotatable bonds is 2. The quantitative estimate of drug-likeness (QED) is 0.894. The van der Waals surface area contributed by atoms with E-state index in [1.165, 1.54) is 0 Å². The van der Waals surface area contributed by atoms with Crippen molar-refractivity contribution in [3.8, 4) is 6.07 Å². The van der Waals surface area contributed by atoms with Crippen LogP contribution >= 0.6 is 15.9 Å². The fraction of sp³-hybridized carbons (Fsp3) is 0.200. The topological polar surface area (TPSA) is 48.7 Å². The van der Waals surface area contributed by atoms with Gasteiger partial charge in [-0.05, 0) is 55.7 Å². The molecule has 4 heteroatoms. The first-order valence-electron chi connectivity index (χ1n) is 5.92. The third-order valence-electron chi connectivity index (χ3n) is 2.97. The van der Waals surface area contributed by atoms with Crippen molar-refractivity contribution < 1.29 is 0 Å². The summed E-state index contributed by atoms with van der Waals surface area (Å²) < 4.78 is 1.11. The van der Waals surface area contributed by atoms with Crippen LogP contribution in [-0.2, 0) is 0 Å². The molecule has 0 bridgehead atoms. The Balaban J connectivity index is 2.43. The second-order valence-electron chi connectivity index (χ2n) is 4.51. The zero-order chi connectivity index (χ0) is 14.0. The minimum absolute atomic E-state index is 0.584. The first kappa shape index (κ1) is 13.6. The number of nitrogens with one attached hydrogen (secondary N) is 1. The molecule has 1 aromatic heterocycles. The van der Waals surface area contributed by atoms with Crippen LogP contribution in [0.1, 0.15) is 22.3 Å². The Morgan fingerprint density at radius 3 is 2.37 bits per heavy atom. The zero-order valence-electron chi connectivity index (χ0n) is 11.1. The summed E-state index contributed by atoms with van der Waals surface area (Å²) in [6, 6.07) is 8.09. The highest BCUT2D eigenvalue weighted by atomic mass is 79.9.